The Balaban J connectivity index is 1.62. The zero-order chi connectivity index (χ0) is 18.2. The van der Waals surface area contributed by atoms with Gasteiger partial charge >= 0.3 is 0 Å². The summed E-state index contributed by atoms with van der Waals surface area (Å²) in [6.07, 6.45) is 6.27. The number of hydrogen-bond donors (Lipinski definition) is 0. The van der Waals surface area contributed by atoms with E-state index in [0.29, 0.717) is 0 Å². The van der Waals surface area contributed by atoms with Gasteiger partial charge in [0.2, 0.25) is 0 Å². The van der Waals surface area contributed by atoms with Crippen LogP contribution in [0.25, 0.3) is 22.2 Å². The molecule has 3 rings (SSSR count). The molecular weight excluding hydrogens is 322 g/mol. The Labute approximate surface area is 156 Å². The van der Waals surface area contributed by atoms with E-state index in [4.69, 9.17) is 14.5 Å². The maximum atomic E-state index is 5.84. The normalized spacial score (nSPS) is 10.8. The van der Waals surface area contributed by atoms with Crippen LogP contribution in [-0.2, 0) is 0 Å². The molecule has 3 aromatic rings. The van der Waals surface area contributed by atoms with Gasteiger partial charge in [-0.2, -0.15) is 0 Å². The van der Waals surface area contributed by atoms with Gasteiger partial charge in [0.25, 0.3) is 0 Å². The number of pyridine rings is 1. The zero-order valence-electron chi connectivity index (χ0n) is 15.7. The summed E-state index contributed by atoms with van der Waals surface area (Å²) in [5.41, 5.74) is 3.03. The molecule has 0 amide bonds. The summed E-state index contributed by atoms with van der Waals surface area (Å²) in [6, 6.07) is 18.3. The van der Waals surface area contributed by atoms with Crippen molar-refractivity contribution >= 4 is 10.9 Å². The number of methoxy groups -OCH3 is 1. The minimum atomic E-state index is 0.791. The molecule has 0 aliphatic carbocycles. The Hall–Kier alpha value is -2.55. The topological polar surface area (TPSA) is 31.4 Å². The molecule has 0 fully saturated rings. The van der Waals surface area contributed by atoms with Crippen LogP contribution in [0.4, 0.5) is 0 Å². The van der Waals surface area contributed by atoms with Gasteiger partial charge in [-0.3, -0.25) is 0 Å². The number of unbranched alkanes of at least 4 members (excludes halogenated alkanes) is 4. The van der Waals surface area contributed by atoms with E-state index < -0.39 is 0 Å². The Morgan fingerprint density at radius 3 is 2.35 bits per heavy atom. The molecule has 1 heterocycles. The highest BCUT2D eigenvalue weighted by Crippen LogP contribution is 2.25. The van der Waals surface area contributed by atoms with Crippen molar-refractivity contribution in [2.75, 3.05) is 13.7 Å². The van der Waals surface area contributed by atoms with Crippen molar-refractivity contribution < 1.29 is 9.47 Å². The fraction of sp³-hybridized carbons (Fsp3) is 0.348. The molecule has 0 unspecified atom stereocenters. The molecule has 3 heteroatoms. The van der Waals surface area contributed by atoms with Crippen LogP contribution >= 0.6 is 0 Å². The molecule has 0 N–H and O–H groups in total. The lowest BCUT2D eigenvalue weighted by molar-refractivity contribution is 0.304. The first-order chi connectivity index (χ1) is 12.8. The van der Waals surface area contributed by atoms with Crippen LogP contribution in [0.15, 0.2) is 54.6 Å². The minimum Gasteiger partial charge on any atom is -0.497 e. The van der Waals surface area contributed by atoms with Gasteiger partial charge < -0.3 is 9.47 Å². The second kappa shape index (κ2) is 9.23. The highest BCUT2D eigenvalue weighted by Gasteiger charge is 2.04. The minimum absolute atomic E-state index is 0.791. The van der Waals surface area contributed by atoms with Crippen LogP contribution in [-0.4, -0.2) is 18.7 Å². The number of aromatic nitrogens is 1. The van der Waals surface area contributed by atoms with Gasteiger partial charge in [-0.15, -0.1) is 0 Å². The van der Waals surface area contributed by atoms with E-state index in [1.54, 1.807) is 7.11 Å². The highest BCUT2D eigenvalue weighted by molar-refractivity contribution is 5.82. The van der Waals surface area contributed by atoms with Gasteiger partial charge in [0.05, 0.1) is 24.9 Å². The van der Waals surface area contributed by atoms with E-state index >= 15 is 0 Å². The quantitative estimate of drug-likeness (QED) is 0.427. The zero-order valence-corrected chi connectivity index (χ0v) is 15.7. The van der Waals surface area contributed by atoms with Gasteiger partial charge in [-0.1, -0.05) is 38.7 Å². The van der Waals surface area contributed by atoms with Gasteiger partial charge in [0.15, 0.2) is 0 Å². The van der Waals surface area contributed by atoms with Gasteiger partial charge in [0.1, 0.15) is 11.5 Å². The Bertz CT molecular complexity index is 827. The van der Waals surface area contributed by atoms with Gasteiger partial charge in [-0.25, -0.2) is 4.98 Å². The van der Waals surface area contributed by atoms with Crippen LogP contribution < -0.4 is 9.47 Å². The molecule has 0 bridgehead atoms. The fourth-order valence-electron chi connectivity index (χ4n) is 3.01. The lowest BCUT2D eigenvalue weighted by atomic mass is 10.1. The smallest absolute Gasteiger partial charge is 0.119 e. The molecule has 0 spiro atoms. The number of rotatable bonds is 9. The predicted molar refractivity (Wildman–Crippen MR) is 108 cm³/mol. The number of ether oxygens (including phenoxy) is 2. The fourth-order valence-corrected chi connectivity index (χ4v) is 3.01. The first-order valence-electron chi connectivity index (χ1n) is 9.48. The standard InChI is InChI=1S/C23H27NO2/c1-3-4-5-6-7-16-26-20-11-8-18(9-12-20)22-14-10-19-17-21(25-2)13-15-23(19)24-22/h8-15,17H,3-7,16H2,1-2H3. The van der Waals surface area contributed by atoms with E-state index in [0.717, 1.165) is 46.7 Å². The number of fused-ring (bicyclic) bond motifs is 1. The lowest BCUT2D eigenvalue weighted by Gasteiger charge is -2.08. The molecule has 0 radical (unpaired) electrons. The van der Waals surface area contributed by atoms with Crippen molar-refractivity contribution in [2.45, 2.75) is 39.0 Å². The molecule has 26 heavy (non-hydrogen) atoms. The molecule has 0 saturated heterocycles. The van der Waals surface area contributed by atoms with Crippen LogP contribution in [0.3, 0.4) is 0 Å². The van der Waals surface area contributed by atoms with Crippen molar-refractivity contribution in [3.8, 4) is 22.8 Å². The van der Waals surface area contributed by atoms with Crippen molar-refractivity contribution in [1.82, 2.24) is 4.98 Å². The maximum absolute atomic E-state index is 5.84. The molecular formula is C23H27NO2. The predicted octanol–water partition coefficient (Wildman–Crippen LogP) is 6.26. The number of hydrogen-bond acceptors (Lipinski definition) is 3. The van der Waals surface area contributed by atoms with Gasteiger partial charge in [0, 0.05) is 10.9 Å². The number of nitrogens with zero attached hydrogens (tertiary/aromatic N) is 1. The maximum Gasteiger partial charge on any atom is 0.119 e. The van der Waals surface area contributed by atoms with E-state index in [2.05, 4.69) is 25.1 Å². The van der Waals surface area contributed by atoms with Crippen molar-refractivity contribution in [3.05, 3.63) is 54.6 Å². The average Bonchev–Trinajstić information content (AvgIpc) is 2.70. The van der Waals surface area contributed by atoms with Crippen molar-refractivity contribution in [1.29, 1.82) is 0 Å². The first-order valence-corrected chi connectivity index (χ1v) is 9.48. The van der Waals surface area contributed by atoms with Crippen LogP contribution in [0.2, 0.25) is 0 Å². The van der Waals surface area contributed by atoms with E-state index in [1.165, 1.54) is 25.7 Å². The summed E-state index contributed by atoms with van der Waals surface area (Å²) >= 11 is 0. The third-order valence-corrected chi connectivity index (χ3v) is 4.56. The first kappa shape index (κ1) is 18.2. The molecule has 0 aliphatic heterocycles. The molecule has 2 aromatic carbocycles. The second-order valence-corrected chi connectivity index (χ2v) is 6.54. The Kier molecular flexibility index (Phi) is 6.48. The second-order valence-electron chi connectivity index (χ2n) is 6.54. The summed E-state index contributed by atoms with van der Waals surface area (Å²) in [6.45, 7) is 3.03. The van der Waals surface area contributed by atoms with E-state index in [-0.39, 0.29) is 0 Å². The van der Waals surface area contributed by atoms with Crippen molar-refractivity contribution in [2.24, 2.45) is 0 Å². The SMILES string of the molecule is CCCCCCCOc1ccc(-c2ccc3cc(OC)ccc3n2)cc1. The highest BCUT2D eigenvalue weighted by atomic mass is 16.5. The molecule has 1 aromatic heterocycles. The monoisotopic (exact) mass is 349 g/mol. The Morgan fingerprint density at radius 1 is 0.808 bits per heavy atom. The summed E-state index contributed by atoms with van der Waals surface area (Å²) in [7, 11) is 1.68. The average molecular weight is 349 g/mol. The molecule has 0 aliphatic rings. The van der Waals surface area contributed by atoms with Crippen LogP contribution in [0.1, 0.15) is 39.0 Å². The summed E-state index contributed by atoms with van der Waals surface area (Å²) in [5, 5.41) is 1.08. The molecule has 3 nitrogen and oxygen atoms in total. The largest absolute Gasteiger partial charge is 0.497 e. The molecule has 0 atom stereocenters. The molecule has 0 saturated carbocycles. The van der Waals surface area contributed by atoms with Crippen molar-refractivity contribution in [3.63, 3.8) is 0 Å². The van der Waals surface area contributed by atoms with Crippen LogP contribution in [0.5, 0.6) is 11.5 Å². The third-order valence-electron chi connectivity index (χ3n) is 4.56. The van der Waals surface area contributed by atoms with E-state index in [9.17, 15) is 0 Å². The number of benzene rings is 2. The van der Waals surface area contributed by atoms with Crippen LogP contribution in [0, 0.1) is 0 Å². The lowest BCUT2D eigenvalue weighted by Crippen LogP contribution is -1.97. The Morgan fingerprint density at radius 2 is 1.58 bits per heavy atom. The van der Waals surface area contributed by atoms with E-state index in [1.807, 2.05) is 36.4 Å². The van der Waals surface area contributed by atoms with Gasteiger partial charge in [-0.05, 0) is 55.0 Å². The summed E-state index contributed by atoms with van der Waals surface area (Å²) in [4.78, 5) is 4.76. The third kappa shape index (κ3) is 4.75. The summed E-state index contributed by atoms with van der Waals surface area (Å²) in [5.74, 6) is 1.78. The molecule has 136 valence electrons. The summed E-state index contributed by atoms with van der Waals surface area (Å²) < 4.78 is 11.1.